The Kier molecular flexibility index (Phi) is 7.24. The van der Waals surface area contributed by atoms with Crippen molar-refractivity contribution in [2.45, 2.75) is 51.4 Å². The number of benzene rings is 1. The van der Waals surface area contributed by atoms with Crippen LogP contribution in [-0.2, 0) is 9.53 Å². The summed E-state index contributed by atoms with van der Waals surface area (Å²) in [6, 6.07) is 12.2. The lowest BCUT2D eigenvalue weighted by Crippen LogP contribution is -2.36. The Bertz CT molecular complexity index is 893. The van der Waals surface area contributed by atoms with E-state index in [1.165, 1.54) is 18.4 Å². The molecule has 1 unspecified atom stereocenters. The third-order valence-corrected chi connectivity index (χ3v) is 8.28. The zero-order chi connectivity index (χ0) is 21.8. The van der Waals surface area contributed by atoms with Crippen LogP contribution in [-0.4, -0.2) is 32.0 Å². The van der Waals surface area contributed by atoms with Crippen LogP contribution in [0.2, 0.25) is 0 Å². The SMILES string of the molecule is COC(=O)c1sc(-c2ccccc2)cc1C(C(=O)C1CCC(C)CC1)C1CCNCC1. The van der Waals surface area contributed by atoms with Gasteiger partial charge in [-0.1, -0.05) is 50.1 Å². The summed E-state index contributed by atoms with van der Waals surface area (Å²) in [5, 5.41) is 3.42. The zero-order valence-corrected chi connectivity index (χ0v) is 19.4. The fourth-order valence-electron chi connectivity index (χ4n) is 5.25. The first kappa shape index (κ1) is 22.2. The molecule has 0 bridgehead atoms. The molecule has 1 saturated carbocycles. The number of rotatable bonds is 6. The average molecular weight is 440 g/mol. The number of piperidine rings is 1. The number of methoxy groups -OCH3 is 1. The molecule has 31 heavy (non-hydrogen) atoms. The van der Waals surface area contributed by atoms with Gasteiger partial charge in [-0.05, 0) is 67.8 Å². The second-order valence-corrected chi connectivity index (χ2v) is 10.2. The Morgan fingerprint density at radius 1 is 1.03 bits per heavy atom. The molecule has 1 aliphatic carbocycles. The highest BCUT2D eigenvalue weighted by atomic mass is 32.1. The van der Waals surface area contributed by atoms with Crippen LogP contribution in [0.1, 0.15) is 66.6 Å². The molecule has 2 fully saturated rings. The van der Waals surface area contributed by atoms with Gasteiger partial charge in [-0.2, -0.15) is 0 Å². The second kappa shape index (κ2) is 10.1. The lowest BCUT2D eigenvalue weighted by molar-refractivity contribution is -0.127. The van der Waals surface area contributed by atoms with Crippen LogP contribution >= 0.6 is 11.3 Å². The van der Waals surface area contributed by atoms with E-state index in [1.54, 1.807) is 0 Å². The van der Waals surface area contributed by atoms with Gasteiger partial charge in [-0.25, -0.2) is 4.79 Å². The van der Waals surface area contributed by atoms with E-state index < -0.39 is 0 Å². The van der Waals surface area contributed by atoms with Gasteiger partial charge >= 0.3 is 5.97 Å². The number of carbonyl (C=O) groups excluding carboxylic acids is 2. The maximum Gasteiger partial charge on any atom is 0.348 e. The predicted molar refractivity (Wildman–Crippen MR) is 126 cm³/mol. The van der Waals surface area contributed by atoms with Gasteiger partial charge in [0.05, 0.1) is 7.11 Å². The molecule has 1 atom stereocenters. The zero-order valence-electron chi connectivity index (χ0n) is 18.6. The number of hydrogen-bond donors (Lipinski definition) is 1. The summed E-state index contributed by atoms with van der Waals surface area (Å²) in [4.78, 5) is 28.3. The minimum Gasteiger partial charge on any atom is -0.465 e. The molecular weight excluding hydrogens is 406 g/mol. The molecule has 0 radical (unpaired) electrons. The summed E-state index contributed by atoms with van der Waals surface area (Å²) in [5.41, 5.74) is 1.97. The maximum absolute atomic E-state index is 13.9. The van der Waals surface area contributed by atoms with Crippen LogP contribution in [0.4, 0.5) is 0 Å². The number of hydrogen-bond acceptors (Lipinski definition) is 5. The Morgan fingerprint density at radius 3 is 2.35 bits per heavy atom. The third-order valence-electron chi connectivity index (χ3n) is 7.10. The van der Waals surface area contributed by atoms with E-state index in [0.29, 0.717) is 16.6 Å². The molecule has 4 nitrogen and oxygen atoms in total. The molecule has 2 aliphatic rings. The molecule has 1 aromatic heterocycles. The molecule has 1 saturated heterocycles. The second-order valence-electron chi connectivity index (χ2n) is 9.18. The number of ether oxygens (including phenoxy) is 1. The van der Waals surface area contributed by atoms with Gasteiger partial charge in [-0.3, -0.25) is 4.79 Å². The number of carbonyl (C=O) groups is 2. The van der Waals surface area contributed by atoms with Crippen molar-refractivity contribution < 1.29 is 14.3 Å². The van der Waals surface area contributed by atoms with Crippen molar-refractivity contribution >= 4 is 23.1 Å². The van der Waals surface area contributed by atoms with E-state index in [4.69, 9.17) is 4.74 Å². The van der Waals surface area contributed by atoms with Gasteiger partial charge < -0.3 is 10.1 Å². The summed E-state index contributed by atoms with van der Waals surface area (Å²) in [7, 11) is 1.43. The Labute approximate surface area is 189 Å². The lowest BCUT2D eigenvalue weighted by atomic mass is 9.70. The van der Waals surface area contributed by atoms with Gasteiger partial charge in [0, 0.05) is 16.7 Å². The summed E-state index contributed by atoms with van der Waals surface area (Å²) >= 11 is 1.46. The molecule has 5 heteroatoms. The van der Waals surface area contributed by atoms with E-state index >= 15 is 0 Å². The van der Waals surface area contributed by atoms with Gasteiger partial charge in [0.2, 0.25) is 0 Å². The minimum absolute atomic E-state index is 0.113. The molecule has 0 spiro atoms. The Balaban J connectivity index is 1.75. The van der Waals surface area contributed by atoms with E-state index in [1.807, 2.05) is 18.2 Å². The van der Waals surface area contributed by atoms with Crippen LogP contribution in [0.5, 0.6) is 0 Å². The minimum atomic E-state index is -0.328. The molecule has 4 rings (SSSR count). The molecule has 2 aromatic rings. The fourth-order valence-corrected chi connectivity index (χ4v) is 6.38. The molecule has 1 N–H and O–H groups in total. The van der Waals surface area contributed by atoms with Crippen molar-refractivity contribution in [3.8, 4) is 10.4 Å². The summed E-state index contributed by atoms with van der Waals surface area (Å²) in [6.07, 6.45) is 6.14. The number of esters is 1. The van der Waals surface area contributed by atoms with Crippen molar-refractivity contribution in [2.24, 2.45) is 17.8 Å². The maximum atomic E-state index is 13.9. The smallest absolute Gasteiger partial charge is 0.348 e. The summed E-state index contributed by atoms with van der Waals surface area (Å²) in [6.45, 7) is 4.14. The quantitative estimate of drug-likeness (QED) is 0.588. The van der Waals surface area contributed by atoms with Crippen LogP contribution < -0.4 is 5.32 Å². The first-order valence-electron chi connectivity index (χ1n) is 11.6. The topological polar surface area (TPSA) is 55.4 Å². The van der Waals surface area contributed by atoms with Gasteiger partial charge in [0.15, 0.2) is 0 Å². The number of nitrogens with one attached hydrogen (secondary N) is 1. The van der Waals surface area contributed by atoms with E-state index in [9.17, 15) is 9.59 Å². The fraction of sp³-hybridized carbons (Fsp3) is 0.538. The monoisotopic (exact) mass is 439 g/mol. The third kappa shape index (κ3) is 4.93. The molecular formula is C26H33NO3S. The largest absolute Gasteiger partial charge is 0.465 e. The van der Waals surface area contributed by atoms with E-state index in [0.717, 1.165) is 67.6 Å². The molecule has 2 heterocycles. The normalized spacial score (nSPS) is 23.3. The standard InChI is InChI=1S/C26H33NO3S/c1-17-8-10-20(11-9-17)24(28)23(19-12-14-27-15-13-19)21-16-22(18-6-4-3-5-7-18)31-25(21)26(29)30-2/h3-7,16-17,19-20,23,27H,8-15H2,1-2H3. The van der Waals surface area contributed by atoms with Crippen molar-refractivity contribution in [1.29, 1.82) is 0 Å². The molecule has 0 amide bonds. The Morgan fingerprint density at radius 2 is 1.71 bits per heavy atom. The number of thiophene rings is 1. The molecule has 1 aromatic carbocycles. The van der Waals surface area contributed by atoms with Gasteiger partial charge in [0.1, 0.15) is 10.7 Å². The molecule has 166 valence electrons. The highest BCUT2D eigenvalue weighted by Crippen LogP contribution is 2.44. The highest BCUT2D eigenvalue weighted by Gasteiger charge is 2.39. The van der Waals surface area contributed by atoms with Gasteiger partial charge in [-0.15, -0.1) is 11.3 Å². The van der Waals surface area contributed by atoms with E-state index in [2.05, 4.69) is 30.4 Å². The van der Waals surface area contributed by atoms with Crippen LogP contribution in [0.3, 0.4) is 0 Å². The highest BCUT2D eigenvalue weighted by molar-refractivity contribution is 7.17. The number of ketones is 1. The predicted octanol–water partition coefficient (Wildman–Crippen LogP) is 5.68. The average Bonchev–Trinajstić information content (AvgIpc) is 3.25. The van der Waals surface area contributed by atoms with Crippen molar-refractivity contribution in [1.82, 2.24) is 5.32 Å². The first-order chi connectivity index (χ1) is 15.1. The summed E-state index contributed by atoms with van der Waals surface area (Å²) in [5.74, 6) is 0.894. The Hall–Kier alpha value is -1.98. The number of Topliss-reactive ketones (excluding diaryl/α,β-unsaturated/α-hetero) is 1. The lowest BCUT2D eigenvalue weighted by Gasteiger charge is -2.34. The van der Waals surface area contributed by atoms with Crippen molar-refractivity contribution in [2.75, 3.05) is 20.2 Å². The van der Waals surface area contributed by atoms with Crippen molar-refractivity contribution in [3.05, 3.63) is 46.8 Å². The van der Waals surface area contributed by atoms with Crippen LogP contribution in [0.25, 0.3) is 10.4 Å². The first-order valence-corrected chi connectivity index (χ1v) is 12.4. The summed E-state index contributed by atoms with van der Waals surface area (Å²) < 4.78 is 5.15. The van der Waals surface area contributed by atoms with Gasteiger partial charge in [0.25, 0.3) is 0 Å². The van der Waals surface area contributed by atoms with Crippen molar-refractivity contribution in [3.63, 3.8) is 0 Å². The van der Waals surface area contributed by atoms with E-state index in [-0.39, 0.29) is 23.7 Å². The van der Waals surface area contributed by atoms with Crippen LogP contribution in [0, 0.1) is 17.8 Å². The van der Waals surface area contributed by atoms with Crippen LogP contribution in [0.15, 0.2) is 36.4 Å². The molecule has 1 aliphatic heterocycles.